The van der Waals surface area contributed by atoms with Gasteiger partial charge in [-0.1, -0.05) is 22.9 Å². The number of halogens is 2. The number of pyridine rings is 1. The lowest BCUT2D eigenvalue weighted by Crippen LogP contribution is -1.97. The van der Waals surface area contributed by atoms with Crippen molar-refractivity contribution in [3.63, 3.8) is 0 Å². The average molecular weight is 326 g/mol. The Morgan fingerprint density at radius 1 is 1.32 bits per heavy atom. The molecule has 1 N–H and O–H groups in total. The van der Waals surface area contributed by atoms with Gasteiger partial charge in [0.15, 0.2) is 11.6 Å². The number of ether oxygens (including phenoxy) is 1. The van der Waals surface area contributed by atoms with E-state index in [1.807, 2.05) is 6.92 Å². The van der Waals surface area contributed by atoms with Crippen LogP contribution in [-0.4, -0.2) is 10.1 Å². The smallest absolute Gasteiger partial charge is 0.219 e. The number of hydrogen-bond donors (Lipinski definition) is 1. The van der Waals surface area contributed by atoms with Crippen molar-refractivity contribution >= 4 is 15.9 Å². The average Bonchev–Trinajstić information content (AvgIpc) is 2.41. The van der Waals surface area contributed by atoms with Gasteiger partial charge >= 0.3 is 0 Å². The lowest BCUT2D eigenvalue weighted by molar-refractivity contribution is 0.280. The van der Waals surface area contributed by atoms with Crippen LogP contribution >= 0.6 is 15.9 Å². The predicted octanol–water partition coefficient (Wildman–Crippen LogP) is 3.83. The third kappa shape index (κ3) is 3.52. The van der Waals surface area contributed by atoms with E-state index in [1.54, 1.807) is 18.2 Å². The van der Waals surface area contributed by atoms with Crippen LogP contribution in [0.2, 0.25) is 0 Å². The van der Waals surface area contributed by atoms with E-state index >= 15 is 0 Å². The predicted molar refractivity (Wildman–Crippen MR) is 73.7 cm³/mol. The number of aromatic nitrogens is 1. The minimum atomic E-state index is -0.469. The molecule has 1 heterocycles. The van der Waals surface area contributed by atoms with Crippen molar-refractivity contribution in [1.29, 1.82) is 0 Å². The van der Waals surface area contributed by atoms with Crippen molar-refractivity contribution in [2.24, 2.45) is 0 Å². The van der Waals surface area contributed by atoms with Gasteiger partial charge in [-0.2, -0.15) is 0 Å². The number of nitrogens with zero attached hydrogens (tertiary/aromatic N) is 1. The summed E-state index contributed by atoms with van der Waals surface area (Å²) in [6, 6.07) is 7.94. The van der Waals surface area contributed by atoms with Crippen molar-refractivity contribution in [2.45, 2.75) is 20.0 Å². The van der Waals surface area contributed by atoms with Crippen LogP contribution in [0.15, 0.2) is 34.8 Å². The van der Waals surface area contributed by atoms with E-state index in [0.717, 1.165) is 5.69 Å². The van der Waals surface area contributed by atoms with Crippen LogP contribution in [0.1, 0.15) is 18.2 Å². The van der Waals surface area contributed by atoms with Gasteiger partial charge in [0.2, 0.25) is 5.88 Å². The van der Waals surface area contributed by atoms with Crippen LogP contribution in [0.5, 0.6) is 11.6 Å². The molecule has 0 saturated heterocycles. The third-order valence-electron chi connectivity index (χ3n) is 2.57. The molecule has 1 aromatic heterocycles. The molecule has 0 amide bonds. The van der Waals surface area contributed by atoms with E-state index in [1.165, 1.54) is 12.1 Å². The first-order valence-electron chi connectivity index (χ1n) is 5.86. The van der Waals surface area contributed by atoms with Crippen LogP contribution in [0.3, 0.4) is 0 Å². The summed E-state index contributed by atoms with van der Waals surface area (Å²) in [5.74, 6) is -0.0823. The van der Waals surface area contributed by atoms with Crippen LogP contribution in [-0.2, 0) is 13.0 Å². The van der Waals surface area contributed by atoms with Crippen LogP contribution < -0.4 is 4.74 Å². The summed E-state index contributed by atoms with van der Waals surface area (Å²) >= 11 is 3.18. The molecular formula is C14H13BrFNO2. The molecule has 100 valence electrons. The Hall–Kier alpha value is -1.46. The van der Waals surface area contributed by atoms with Crippen molar-refractivity contribution < 1.29 is 14.2 Å². The molecule has 2 rings (SSSR count). The second-order valence-electron chi connectivity index (χ2n) is 3.99. The van der Waals surface area contributed by atoms with Gasteiger partial charge in [0, 0.05) is 16.2 Å². The summed E-state index contributed by atoms with van der Waals surface area (Å²) in [5.41, 5.74) is 1.48. The fourth-order valence-electron chi connectivity index (χ4n) is 1.62. The van der Waals surface area contributed by atoms with E-state index < -0.39 is 5.82 Å². The number of hydrogen-bond acceptors (Lipinski definition) is 3. The Bertz CT molecular complexity index is 567. The molecule has 5 heteroatoms. The molecule has 3 nitrogen and oxygen atoms in total. The zero-order valence-electron chi connectivity index (χ0n) is 10.4. The molecule has 0 aliphatic rings. The van der Waals surface area contributed by atoms with Gasteiger partial charge in [-0.05, 0) is 36.2 Å². The van der Waals surface area contributed by atoms with E-state index in [4.69, 9.17) is 4.74 Å². The van der Waals surface area contributed by atoms with E-state index in [2.05, 4.69) is 20.9 Å². The maximum Gasteiger partial charge on any atom is 0.219 e. The standard InChI is InChI=1S/C14H13BrFNO2/c1-2-11-5-9(8-18)6-14(17-11)19-13-4-3-10(15)7-12(13)16/h3-7,18H,2,8H2,1H3. The summed E-state index contributed by atoms with van der Waals surface area (Å²) in [7, 11) is 0. The molecule has 0 fully saturated rings. The largest absolute Gasteiger partial charge is 0.436 e. The molecule has 0 saturated carbocycles. The first-order valence-corrected chi connectivity index (χ1v) is 6.65. The Kier molecular flexibility index (Phi) is 4.50. The van der Waals surface area contributed by atoms with Gasteiger partial charge in [0.25, 0.3) is 0 Å². The minimum Gasteiger partial charge on any atom is -0.436 e. The minimum absolute atomic E-state index is 0.102. The number of aliphatic hydroxyl groups excluding tert-OH is 1. The molecule has 1 aromatic carbocycles. The van der Waals surface area contributed by atoms with E-state index in [-0.39, 0.29) is 18.2 Å². The molecule has 0 aliphatic carbocycles. The van der Waals surface area contributed by atoms with Crippen molar-refractivity contribution in [3.05, 3.63) is 51.9 Å². The molecule has 0 radical (unpaired) electrons. The normalized spacial score (nSPS) is 10.5. The number of aryl methyl sites for hydroxylation is 1. The highest BCUT2D eigenvalue weighted by Gasteiger charge is 2.08. The maximum atomic E-state index is 13.7. The Labute approximate surface area is 119 Å². The van der Waals surface area contributed by atoms with Gasteiger partial charge in [0.1, 0.15) is 0 Å². The molecule has 0 unspecified atom stereocenters. The monoisotopic (exact) mass is 325 g/mol. The summed E-state index contributed by atoms with van der Waals surface area (Å²) in [6.07, 6.45) is 0.715. The Morgan fingerprint density at radius 3 is 2.74 bits per heavy atom. The lowest BCUT2D eigenvalue weighted by Gasteiger charge is -2.09. The van der Waals surface area contributed by atoms with Crippen LogP contribution in [0, 0.1) is 5.82 Å². The number of benzene rings is 1. The third-order valence-corrected chi connectivity index (χ3v) is 3.06. The SMILES string of the molecule is CCc1cc(CO)cc(Oc2ccc(Br)cc2F)n1. The van der Waals surface area contributed by atoms with Gasteiger partial charge in [0.05, 0.1) is 6.61 Å². The second kappa shape index (κ2) is 6.12. The summed E-state index contributed by atoms with van der Waals surface area (Å²) in [6.45, 7) is 1.85. The zero-order chi connectivity index (χ0) is 13.8. The van der Waals surface area contributed by atoms with Crippen LogP contribution in [0.25, 0.3) is 0 Å². The summed E-state index contributed by atoms with van der Waals surface area (Å²) in [4.78, 5) is 4.25. The van der Waals surface area contributed by atoms with Crippen molar-refractivity contribution in [1.82, 2.24) is 4.98 Å². The highest BCUT2D eigenvalue weighted by atomic mass is 79.9. The topological polar surface area (TPSA) is 42.4 Å². The highest BCUT2D eigenvalue weighted by molar-refractivity contribution is 9.10. The lowest BCUT2D eigenvalue weighted by atomic mass is 10.2. The Morgan fingerprint density at radius 2 is 2.11 bits per heavy atom. The van der Waals surface area contributed by atoms with Gasteiger partial charge in [-0.3, -0.25) is 0 Å². The number of rotatable bonds is 4. The zero-order valence-corrected chi connectivity index (χ0v) is 11.9. The van der Waals surface area contributed by atoms with E-state index in [9.17, 15) is 9.50 Å². The quantitative estimate of drug-likeness (QED) is 0.928. The molecule has 19 heavy (non-hydrogen) atoms. The highest BCUT2D eigenvalue weighted by Crippen LogP contribution is 2.26. The molecule has 2 aromatic rings. The fraction of sp³-hybridized carbons (Fsp3) is 0.214. The fourth-order valence-corrected chi connectivity index (χ4v) is 1.95. The van der Waals surface area contributed by atoms with Crippen molar-refractivity contribution in [2.75, 3.05) is 0 Å². The molecule has 0 atom stereocenters. The van der Waals surface area contributed by atoms with E-state index in [0.29, 0.717) is 16.5 Å². The molecule has 0 aliphatic heterocycles. The van der Waals surface area contributed by atoms with Gasteiger partial charge < -0.3 is 9.84 Å². The molecular weight excluding hydrogens is 313 g/mol. The number of aliphatic hydroxyl groups is 1. The van der Waals surface area contributed by atoms with Gasteiger partial charge in [-0.25, -0.2) is 9.37 Å². The van der Waals surface area contributed by atoms with Crippen molar-refractivity contribution in [3.8, 4) is 11.6 Å². The maximum absolute atomic E-state index is 13.7. The molecule has 0 bridgehead atoms. The molecule has 0 spiro atoms. The Balaban J connectivity index is 2.31. The second-order valence-corrected chi connectivity index (χ2v) is 4.91. The van der Waals surface area contributed by atoms with Crippen LogP contribution in [0.4, 0.5) is 4.39 Å². The summed E-state index contributed by atoms with van der Waals surface area (Å²) in [5, 5.41) is 9.18. The van der Waals surface area contributed by atoms with Gasteiger partial charge in [-0.15, -0.1) is 0 Å². The first-order chi connectivity index (χ1) is 9.12. The summed E-state index contributed by atoms with van der Waals surface area (Å²) < 4.78 is 19.7. The first kappa shape index (κ1) is 14.0.